The van der Waals surface area contributed by atoms with Gasteiger partial charge in [0.1, 0.15) is 47.7 Å². The maximum Gasteiger partial charge on any atom is 0.266 e. The van der Waals surface area contributed by atoms with E-state index in [-0.39, 0.29) is 35.5 Å². The molecule has 0 atom stereocenters. The first-order chi connectivity index (χ1) is 37.7. The van der Waals surface area contributed by atoms with Gasteiger partial charge in [-0.1, -0.05) is 109 Å². The summed E-state index contributed by atoms with van der Waals surface area (Å²) >= 11 is 0. The Kier molecular flexibility index (Phi) is 11.0. The number of hydrogen-bond donors (Lipinski definition) is 0. The van der Waals surface area contributed by atoms with Crippen molar-refractivity contribution in [2.24, 2.45) is 0 Å². The fourth-order valence-electron chi connectivity index (χ4n) is 11.1. The Labute approximate surface area is 442 Å². The number of rotatable bonds is 12. The Bertz CT molecular complexity index is 3970. The normalized spacial score (nSPS) is 13.7. The molecule has 4 amide bonds. The molecule has 0 N–H and O–H groups in total. The predicted octanol–water partition coefficient (Wildman–Crippen LogP) is 13.6. The van der Waals surface area contributed by atoms with Gasteiger partial charge in [-0.15, -0.1) is 12.8 Å². The van der Waals surface area contributed by atoms with Gasteiger partial charge in [0.05, 0.1) is 39.0 Å². The van der Waals surface area contributed by atoms with Crippen LogP contribution in [0.1, 0.15) is 63.7 Å². The molecule has 0 aromatic heterocycles. The van der Waals surface area contributed by atoms with Crippen LogP contribution in [0.25, 0.3) is 32.7 Å². The summed E-state index contributed by atoms with van der Waals surface area (Å²) in [6, 6.07) is 64.3. The van der Waals surface area contributed by atoms with Gasteiger partial charge in [0.25, 0.3) is 23.6 Å². The topological polar surface area (TPSA) is 112 Å². The summed E-state index contributed by atoms with van der Waals surface area (Å²) in [5.41, 5.74) is 7.60. The van der Waals surface area contributed by atoms with Crippen LogP contribution in [-0.2, 0) is 5.41 Å². The Balaban J connectivity index is 0.771. The lowest BCUT2D eigenvalue weighted by Gasteiger charge is -2.34. The fraction of sp³-hybridized carbons (Fsp3) is 0.0448. The van der Waals surface area contributed by atoms with E-state index >= 15 is 0 Å². The zero-order chi connectivity index (χ0) is 52.4. The number of amides is 4. The van der Waals surface area contributed by atoms with Crippen molar-refractivity contribution in [3.05, 3.63) is 251 Å². The molecule has 2 heterocycles. The third kappa shape index (κ3) is 7.46. The highest BCUT2D eigenvalue weighted by molar-refractivity contribution is 6.35. The largest absolute Gasteiger partial charge is 0.480 e. The first-order valence-corrected chi connectivity index (χ1v) is 24.7. The highest BCUT2D eigenvalue weighted by atomic mass is 16.5. The molecule has 10 heteroatoms. The van der Waals surface area contributed by atoms with Crippen molar-refractivity contribution in [1.82, 2.24) is 0 Å². The second-order valence-corrected chi connectivity index (χ2v) is 18.7. The molecule has 2 aliphatic heterocycles. The van der Waals surface area contributed by atoms with Gasteiger partial charge in [0.2, 0.25) is 0 Å². The van der Waals surface area contributed by atoms with E-state index in [9.17, 15) is 19.2 Å². The highest BCUT2D eigenvalue weighted by Crippen LogP contribution is 2.56. The SMILES string of the molecule is C#CCOc1cccc2cc(N3C(=O)c4ccc(Oc5ccc(C6(c7ccc(Oc8ccc9c(c8)C(=O)N(c8ccc%10c(OCC#C)cccc%10c8)C9=O)cc7)c7ccccc7-c7ccccc76)cc5)cc4C3=O)ccc12. The molecule has 0 fully saturated rings. The van der Waals surface area contributed by atoms with E-state index in [0.717, 1.165) is 54.9 Å². The minimum Gasteiger partial charge on any atom is -0.480 e. The number of terminal acetylenes is 2. The van der Waals surface area contributed by atoms with Crippen molar-refractivity contribution >= 4 is 56.5 Å². The van der Waals surface area contributed by atoms with Gasteiger partial charge in [-0.2, -0.15) is 0 Å². The number of nitrogens with zero attached hydrogens (tertiary/aromatic N) is 2. The summed E-state index contributed by atoms with van der Waals surface area (Å²) in [5.74, 6) is 6.31. The quantitative estimate of drug-likeness (QED) is 0.0879. The first kappa shape index (κ1) is 46.1. The molecule has 0 unspecified atom stereocenters. The molecule has 13 rings (SSSR count). The van der Waals surface area contributed by atoms with E-state index in [1.165, 1.54) is 9.80 Å². The summed E-state index contributed by atoms with van der Waals surface area (Å²) in [6.45, 7) is 0.231. The van der Waals surface area contributed by atoms with E-state index < -0.39 is 29.0 Å². The molecule has 0 bridgehead atoms. The zero-order valence-electron chi connectivity index (χ0n) is 40.9. The Hall–Kier alpha value is -10.7. The van der Waals surface area contributed by atoms with Crippen LogP contribution in [0.3, 0.4) is 0 Å². The molecule has 10 aromatic carbocycles. The Morgan fingerprint density at radius 2 is 0.779 bits per heavy atom. The minimum absolute atomic E-state index is 0.115. The van der Waals surface area contributed by atoms with Crippen molar-refractivity contribution in [2.45, 2.75) is 5.41 Å². The van der Waals surface area contributed by atoms with Crippen LogP contribution < -0.4 is 28.7 Å². The van der Waals surface area contributed by atoms with Crippen molar-refractivity contribution in [2.75, 3.05) is 23.0 Å². The summed E-state index contributed by atoms with van der Waals surface area (Å²) < 4.78 is 24.3. The van der Waals surface area contributed by atoms with Gasteiger partial charge in [0.15, 0.2) is 0 Å². The van der Waals surface area contributed by atoms with Gasteiger partial charge in [-0.05, 0) is 153 Å². The molecule has 0 saturated heterocycles. The van der Waals surface area contributed by atoms with Gasteiger partial charge < -0.3 is 18.9 Å². The van der Waals surface area contributed by atoms with Crippen LogP contribution in [0.15, 0.2) is 206 Å². The number of carbonyl (C=O) groups is 4. The van der Waals surface area contributed by atoms with E-state index in [1.807, 2.05) is 84.9 Å². The Morgan fingerprint density at radius 1 is 0.377 bits per heavy atom. The number of hydrogen-bond acceptors (Lipinski definition) is 8. The number of benzene rings is 10. The third-order valence-corrected chi connectivity index (χ3v) is 14.5. The number of anilines is 2. The standard InChI is InChI=1S/C67H40N2O8/c1-3-35-74-61-17-9-11-41-37-45(23-31-51(41)61)68-63(70)55-33-29-49(39-57(55)65(68)72)76-47-25-19-43(20-26-47)67(59-15-7-5-13-53(59)54-14-6-8-16-60(54)67)44-21-27-48(28-22-44)77-50-30-34-56-58(40-50)66(73)69(64(56)71)46-24-32-52-42(38-46)12-10-18-62(52)75-36-4-2/h1-2,5-34,37-40H,35-36H2. The van der Waals surface area contributed by atoms with E-state index in [0.29, 0.717) is 45.9 Å². The van der Waals surface area contributed by atoms with Crippen LogP contribution >= 0.6 is 0 Å². The minimum atomic E-state index is -0.754. The van der Waals surface area contributed by atoms with Gasteiger partial charge in [0, 0.05) is 10.8 Å². The summed E-state index contributed by atoms with van der Waals surface area (Å²) in [6.07, 6.45) is 10.8. The summed E-state index contributed by atoms with van der Waals surface area (Å²) in [5, 5.41) is 3.20. The number of fused-ring (bicyclic) bond motifs is 7. The van der Waals surface area contributed by atoms with E-state index in [2.05, 4.69) is 72.5 Å². The lowest BCUT2D eigenvalue weighted by atomic mass is 9.68. The maximum atomic E-state index is 14.0. The van der Waals surface area contributed by atoms with Gasteiger partial charge in [-0.25, -0.2) is 9.80 Å². The van der Waals surface area contributed by atoms with Gasteiger partial charge in [-0.3, -0.25) is 19.2 Å². The Morgan fingerprint density at radius 3 is 1.21 bits per heavy atom. The molecular formula is C67H40N2O8. The van der Waals surface area contributed by atoms with Crippen LogP contribution in [0, 0.1) is 24.7 Å². The van der Waals surface area contributed by atoms with Crippen LogP contribution in [0.2, 0.25) is 0 Å². The first-order valence-electron chi connectivity index (χ1n) is 24.7. The van der Waals surface area contributed by atoms with Crippen molar-refractivity contribution in [1.29, 1.82) is 0 Å². The molecule has 0 radical (unpaired) electrons. The van der Waals surface area contributed by atoms with Crippen LogP contribution in [0.4, 0.5) is 11.4 Å². The lowest BCUT2D eigenvalue weighted by molar-refractivity contribution is 0.0910. The van der Waals surface area contributed by atoms with E-state index in [1.54, 1.807) is 60.7 Å². The molecule has 1 aliphatic carbocycles. The summed E-state index contributed by atoms with van der Waals surface area (Å²) in [7, 11) is 0. The highest BCUT2D eigenvalue weighted by Gasteiger charge is 2.46. The average Bonchev–Trinajstić information content (AvgIpc) is 4.22. The number of ether oxygens (including phenoxy) is 4. The predicted molar refractivity (Wildman–Crippen MR) is 296 cm³/mol. The monoisotopic (exact) mass is 1000 g/mol. The molecule has 0 spiro atoms. The maximum absolute atomic E-state index is 14.0. The molecule has 0 saturated carbocycles. The number of imide groups is 2. The average molecular weight is 1000 g/mol. The second kappa shape index (κ2) is 18.4. The molecule has 10 aromatic rings. The van der Waals surface area contributed by atoms with E-state index in [4.69, 9.17) is 31.8 Å². The van der Waals surface area contributed by atoms with Crippen molar-refractivity contribution in [3.63, 3.8) is 0 Å². The smallest absolute Gasteiger partial charge is 0.266 e. The molecule has 366 valence electrons. The van der Waals surface area contributed by atoms with Crippen molar-refractivity contribution in [3.8, 4) is 70.3 Å². The lowest BCUT2D eigenvalue weighted by Crippen LogP contribution is -2.29. The fourth-order valence-corrected chi connectivity index (χ4v) is 11.1. The second-order valence-electron chi connectivity index (χ2n) is 18.7. The molecule has 77 heavy (non-hydrogen) atoms. The molecule has 3 aliphatic rings. The third-order valence-electron chi connectivity index (χ3n) is 14.5. The number of carbonyl (C=O) groups excluding carboxylic acids is 4. The zero-order valence-corrected chi connectivity index (χ0v) is 40.9. The summed E-state index contributed by atoms with van der Waals surface area (Å²) in [4.78, 5) is 57.8. The van der Waals surface area contributed by atoms with Gasteiger partial charge >= 0.3 is 0 Å². The molecule has 10 nitrogen and oxygen atoms in total. The van der Waals surface area contributed by atoms with Crippen LogP contribution in [-0.4, -0.2) is 36.8 Å². The van der Waals surface area contributed by atoms with Crippen LogP contribution in [0.5, 0.6) is 34.5 Å². The molecular weight excluding hydrogens is 961 g/mol. The van der Waals surface area contributed by atoms with Crippen molar-refractivity contribution < 1.29 is 38.1 Å².